The third kappa shape index (κ3) is 4.31. The molecule has 1 fully saturated rings. The monoisotopic (exact) mass is 288 g/mol. The van der Waals surface area contributed by atoms with E-state index >= 15 is 0 Å². The molecular formula is C19H32N2. The van der Waals surface area contributed by atoms with Crippen LogP contribution in [0.1, 0.15) is 63.1 Å². The predicted molar refractivity (Wildman–Crippen MR) is 91.4 cm³/mol. The van der Waals surface area contributed by atoms with E-state index < -0.39 is 0 Å². The lowest BCUT2D eigenvalue weighted by Gasteiger charge is -2.31. The van der Waals surface area contributed by atoms with Crippen molar-refractivity contribution in [3.63, 3.8) is 0 Å². The van der Waals surface area contributed by atoms with Crippen LogP contribution >= 0.6 is 0 Å². The zero-order valence-electron chi connectivity index (χ0n) is 13.9. The average molecular weight is 288 g/mol. The van der Waals surface area contributed by atoms with Gasteiger partial charge in [-0.1, -0.05) is 51.0 Å². The summed E-state index contributed by atoms with van der Waals surface area (Å²) in [5.41, 5.74) is 9.08. The van der Waals surface area contributed by atoms with E-state index in [4.69, 9.17) is 5.73 Å². The predicted octanol–water partition coefficient (Wildman–Crippen LogP) is 4.15. The third-order valence-corrected chi connectivity index (χ3v) is 5.04. The summed E-state index contributed by atoms with van der Waals surface area (Å²) in [6.07, 6.45) is 7.89. The van der Waals surface area contributed by atoms with E-state index in [-0.39, 0.29) is 0 Å². The first-order valence-corrected chi connectivity index (χ1v) is 8.82. The summed E-state index contributed by atoms with van der Waals surface area (Å²) in [7, 11) is 0. The molecule has 21 heavy (non-hydrogen) atoms. The van der Waals surface area contributed by atoms with Gasteiger partial charge in [-0.2, -0.15) is 0 Å². The van der Waals surface area contributed by atoms with Crippen molar-refractivity contribution in [1.29, 1.82) is 0 Å². The van der Waals surface area contributed by atoms with Crippen molar-refractivity contribution in [2.45, 2.75) is 58.4 Å². The van der Waals surface area contributed by atoms with Crippen LogP contribution in [0.5, 0.6) is 0 Å². The Morgan fingerprint density at radius 3 is 2.71 bits per heavy atom. The Hall–Kier alpha value is -0.860. The zero-order valence-corrected chi connectivity index (χ0v) is 13.9. The molecule has 1 aliphatic heterocycles. The number of nitrogens with zero attached hydrogens (tertiary/aromatic N) is 1. The second kappa shape index (κ2) is 8.55. The van der Waals surface area contributed by atoms with E-state index in [0.717, 1.165) is 18.9 Å². The number of hydrogen-bond acceptors (Lipinski definition) is 2. The van der Waals surface area contributed by atoms with E-state index in [2.05, 4.69) is 43.0 Å². The van der Waals surface area contributed by atoms with Crippen LogP contribution in [0.4, 0.5) is 0 Å². The first-order valence-electron chi connectivity index (χ1n) is 8.82. The number of aryl methyl sites for hydroxylation is 1. The lowest BCUT2D eigenvalue weighted by Crippen LogP contribution is -2.35. The Labute approximate surface area is 130 Å². The molecule has 1 aliphatic rings. The molecule has 118 valence electrons. The molecule has 0 aliphatic carbocycles. The maximum absolute atomic E-state index is 6.16. The molecule has 1 aromatic rings. The van der Waals surface area contributed by atoms with Gasteiger partial charge in [0.2, 0.25) is 0 Å². The first kappa shape index (κ1) is 16.5. The zero-order chi connectivity index (χ0) is 15.1. The van der Waals surface area contributed by atoms with Crippen LogP contribution in [0.15, 0.2) is 24.3 Å². The molecule has 0 spiro atoms. The Morgan fingerprint density at radius 1 is 1.19 bits per heavy atom. The highest BCUT2D eigenvalue weighted by Crippen LogP contribution is 2.29. The summed E-state index contributed by atoms with van der Waals surface area (Å²) in [4.78, 5) is 2.64. The first-order chi connectivity index (χ1) is 10.3. The molecule has 0 bridgehead atoms. The van der Waals surface area contributed by atoms with Gasteiger partial charge in [0.15, 0.2) is 0 Å². The highest BCUT2D eigenvalue weighted by Gasteiger charge is 2.24. The van der Waals surface area contributed by atoms with E-state index in [1.807, 2.05) is 0 Å². The second-order valence-corrected chi connectivity index (χ2v) is 6.43. The van der Waals surface area contributed by atoms with Crippen LogP contribution < -0.4 is 5.73 Å². The van der Waals surface area contributed by atoms with Crippen LogP contribution in [-0.2, 0) is 6.42 Å². The van der Waals surface area contributed by atoms with Crippen LogP contribution in [0.3, 0.4) is 0 Å². The molecule has 2 rings (SSSR count). The van der Waals surface area contributed by atoms with Crippen LogP contribution in [0.2, 0.25) is 0 Å². The molecular weight excluding hydrogens is 256 g/mol. The number of likely N-dealkylation sites (tertiary alicyclic amines) is 1. The maximum atomic E-state index is 6.16. The fraction of sp³-hybridized carbons (Fsp3) is 0.684. The Morgan fingerprint density at radius 2 is 2.00 bits per heavy atom. The minimum absolute atomic E-state index is 0.404. The van der Waals surface area contributed by atoms with Crippen LogP contribution in [-0.4, -0.2) is 24.5 Å². The van der Waals surface area contributed by atoms with Crippen molar-refractivity contribution in [1.82, 2.24) is 4.90 Å². The molecule has 0 aromatic heterocycles. The minimum atomic E-state index is 0.404. The molecule has 2 atom stereocenters. The van der Waals surface area contributed by atoms with Gasteiger partial charge < -0.3 is 5.73 Å². The average Bonchev–Trinajstić information content (AvgIpc) is 2.75. The van der Waals surface area contributed by atoms with E-state index in [1.54, 1.807) is 0 Å². The molecule has 0 radical (unpaired) electrons. The van der Waals surface area contributed by atoms with Crippen molar-refractivity contribution in [3.05, 3.63) is 35.4 Å². The molecule has 2 nitrogen and oxygen atoms in total. The summed E-state index contributed by atoms with van der Waals surface area (Å²) >= 11 is 0. The van der Waals surface area contributed by atoms with Crippen LogP contribution in [0.25, 0.3) is 0 Å². The normalized spacial score (nSPS) is 22.0. The summed E-state index contributed by atoms with van der Waals surface area (Å²) in [5, 5.41) is 0. The summed E-state index contributed by atoms with van der Waals surface area (Å²) in [5.74, 6) is 0.930. The van der Waals surface area contributed by atoms with Gasteiger partial charge in [0.05, 0.1) is 0 Å². The molecule has 0 amide bonds. The van der Waals surface area contributed by atoms with Gasteiger partial charge in [-0.3, -0.25) is 4.90 Å². The number of hydrogen-bond donors (Lipinski definition) is 1. The van der Waals surface area contributed by atoms with Gasteiger partial charge in [-0.05, 0) is 55.8 Å². The third-order valence-electron chi connectivity index (χ3n) is 5.04. The van der Waals surface area contributed by atoms with Gasteiger partial charge in [0.25, 0.3) is 0 Å². The molecule has 2 heteroatoms. The molecule has 2 N–H and O–H groups in total. The molecule has 1 aromatic carbocycles. The van der Waals surface area contributed by atoms with Crippen molar-refractivity contribution in [3.8, 4) is 0 Å². The van der Waals surface area contributed by atoms with E-state index in [9.17, 15) is 0 Å². The maximum Gasteiger partial charge on any atom is 0.0473 e. The molecule has 2 unspecified atom stereocenters. The Balaban J connectivity index is 2.10. The molecule has 1 saturated heterocycles. The number of nitrogens with two attached hydrogens (primary N) is 1. The highest BCUT2D eigenvalue weighted by molar-refractivity contribution is 5.30. The second-order valence-electron chi connectivity index (χ2n) is 6.43. The van der Waals surface area contributed by atoms with Crippen molar-refractivity contribution >= 4 is 0 Å². The quantitative estimate of drug-likeness (QED) is 0.852. The molecule has 0 saturated carbocycles. The minimum Gasteiger partial charge on any atom is -0.329 e. The van der Waals surface area contributed by atoms with Gasteiger partial charge in [-0.15, -0.1) is 0 Å². The largest absolute Gasteiger partial charge is 0.329 e. The lowest BCUT2D eigenvalue weighted by molar-refractivity contribution is 0.205. The Kier molecular flexibility index (Phi) is 6.72. The van der Waals surface area contributed by atoms with Crippen LogP contribution in [0, 0.1) is 5.92 Å². The van der Waals surface area contributed by atoms with Crippen molar-refractivity contribution < 1.29 is 0 Å². The summed E-state index contributed by atoms with van der Waals surface area (Å²) in [6, 6.07) is 9.26. The van der Waals surface area contributed by atoms with Gasteiger partial charge in [0, 0.05) is 12.6 Å². The number of benzene rings is 1. The standard InChI is InChI=1S/C19H32N2/c1-3-8-16-9-7-13-21(14-12-16)19(15-20)18-11-6-5-10-17(18)4-2/h5-6,10-11,16,19H,3-4,7-9,12-15,20H2,1-2H3. The van der Waals surface area contributed by atoms with Gasteiger partial charge in [0.1, 0.15) is 0 Å². The smallest absolute Gasteiger partial charge is 0.0473 e. The van der Waals surface area contributed by atoms with Crippen molar-refractivity contribution in [2.75, 3.05) is 19.6 Å². The topological polar surface area (TPSA) is 29.3 Å². The van der Waals surface area contributed by atoms with E-state index in [1.165, 1.54) is 56.3 Å². The van der Waals surface area contributed by atoms with Gasteiger partial charge >= 0.3 is 0 Å². The Bertz CT molecular complexity index is 416. The van der Waals surface area contributed by atoms with Crippen molar-refractivity contribution in [2.24, 2.45) is 11.7 Å². The number of rotatable bonds is 6. The fourth-order valence-electron chi connectivity index (χ4n) is 3.85. The summed E-state index contributed by atoms with van der Waals surface area (Å²) < 4.78 is 0. The molecule has 1 heterocycles. The summed E-state index contributed by atoms with van der Waals surface area (Å²) in [6.45, 7) is 7.70. The van der Waals surface area contributed by atoms with E-state index in [0.29, 0.717) is 6.04 Å². The fourth-order valence-corrected chi connectivity index (χ4v) is 3.85. The van der Waals surface area contributed by atoms with Gasteiger partial charge in [-0.25, -0.2) is 0 Å². The highest BCUT2D eigenvalue weighted by atomic mass is 15.2. The SMILES string of the molecule is CCCC1CCCN(C(CN)c2ccccc2CC)CC1. The lowest BCUT2D eigenvalue weighted by atomic mass is 9.95.